The van der Waals surface area contributed by atoms with Gasteiger partial charge in [0.2, 0.25) is 10.0 Å². The molecule has 6 nitrogen and oxygen atoms in total. The molecule has 0 bridgehead atoms. The summed E-state index contributed by atoms with van der Waals surface area (Å²) in [5.41, 5.74) is 1.27. The highest BCUT2D eigenvalue weighted by molar-refractivity contribution is 7.89. The zero-order valence-electron chi connectivity index (χ0n) is 14.7. The number of carbonyl (C=O) groups is 1. The first kappa shape index (κ1) is 19.8. The average Bonchev–Trinajstić information content (AvgIpc) is 3.18. The lowest BCUT2D eigenvalue weighted by molar-refractivity contribution is 0.0858. The number of benzene rings is 2. The molecule has 2 aromatic carbocycles. The van der Waals surface area contributed by atoms with Gasteiger partial charge in [-0.1, -0.05) is 29.8 Å². The molecule has 1 aliphatic heterocycles. The normalized spacial score (nSPS) is 17.0. The highest BCUT2D eigenvalue weighted by atomic mass is 35.5. The summed E-state index contributed by atoms with van der Waals surface area (Å²) < 4.78 is 32.6. The maximum atomic E-state index is 12.3. The fourth-order valence-electron chi connectivity index (χ4n) is 2.78. The van der Waals surface area contributed by atoms with Crippen molar-refractivity contribution in [1.82, 2.24) is 10.0 Å². The Morgan fingerprint density at radius 3 is 2.63 bits per heavy atom. The van der Waals surface area contributed by atoms with Gasteiger partial charge in [-0.2, -0.15) is 0 Å². The minimum atomic E-state index is -3.65. The Morgan fingerprint density at radius 1 is 1.19 bits per heavy atom. The second-order valence-electron chi connectivity index (χ2n) is 6.32. The van der Waals surface area contributed by atoms with Crippen molar-refractivity contribution in [2.75, 3.05) is 13.2 Å². The van der Waals surface area contributed by atoms with Crippen LogP contribution in [0.3, 0.4) is 0 Å². The van der Waals surface area contributed by atoms with Crippen LogP contribution >= 0.6 is 11.6 Å². The van der Waals surface area contributed by atoms with Gasteiger partial charge in [0.05, 0.1) is 11.0 Å². The average molecular weight is 409 g/mol. The third-order valence-corrected chi connectivity index (χ3v) is 5.94. The maximum Gasteiger partial charge on any atom is 0.251 e. The fraction of sp³-hybridized carbons (Fsp3) is 0.316. The molecule has 1 saturated heterocycles. The van der Waals surface area contributed by atoms with Crippen LogP contribution in [0.2, 0.25) is 5.02 Å². The van der Waals surface area contributed by atoms with Crippen LogP contribution in [0.1, 0.15) is 28.8 Å². The van der Waals surface area contributed by atoms with Gasteiger partial charge in [-0.25, -0.2) is 13.1 Å². The molecule has 144 valence electrons. The van der Waals surface area contributed by atoms with E-state index in [2.05, 4.69) is 10.0 Å². The van der Waals surface area contributed by atoms with Crippen molar-refractivity contribution in [2.24, 2.45) is 0 Å². The molecule has 0 unspecified atom stereocenters. The largest absolute Gasteiger partial charge is 0.376 e. The molecule has 1 aliphatic rings. The van der Waals surface area contributed by atoms with E-state index in [9.17, 15) is 13.2 Å². The molecule has 1 heterocycles. The molecule has 3 rings (SSSR count). The summed E-state index contributed by atoms with van der Waals surface area (Å²) in [5, 5.41) is 3.21. The molecule has 0 aliphatic carbocycles. The number of ether oxygens (including phenoxy) is 1. The predicted molar refractivity (Wildman–Crippen MR) is 103 cm³/mol. The van der Waals surface area contributed by atoms with E-state index in [0.717, 1.165) is 25.0 Å². The number of rotatable bonds is 7. The second kappa shape index (κ2) is 8.84. The Morgan fingerprint density at radius 2 is 1.96 bits per heavy atom. The number of amides is 1. The van der Waals surface area contributed by atoms with Crippen molar-refractivity contribution in [3.05, 3.63) is 64.7 Å². The van der Waals surface area contributed by atoms with Crippen molar-refractivity contribution < 1.29 is 17.9 Å². The molecular weight excluding hydrogens is 388 g/mol. The Labute approximate surface area is 163 Å². The van der Waals surface area contributed by atoms with Gasteiger partial charge in [0, 0.05) is 30.3 Å². The number of hydrogen-bond acceptors (Lipinski definition) is 4. The highest BCUT2D eigenvalue weighted by Gasteiger charge is 2.17. The van der Waals surface area contributed by atoms with E-state index < -0.39 is 10.0 Å². The molecule has 2 N–H and O–H groups in total. The zero-order valence-corrected chi connectivity index (χ0v) is 16.2. The molecule has 1 fully saturated rings. The number of carbonyl (C=O) groups excluding carboxylic acids is 1. The van der Waals surface area contributed by atoms with Gasteiger partial charge in [0.15, 0.2) is 0 Å². The van der Waals surface area contributed by atoms with Gasteiger partial charge < -0.3 is 10.1 Å². The van der Waals surface area contributed by atoms with Crippen molar-refractivity contribution in [3.8, 4) is 0 Å². The third kappa shape index (κ3) is 5.52. The van der Waals surface area contributed by atoms with E-state index in [0.29, 0.717) is 17.1 Å². The minimum absolute atomic E-state index is 0.0918. The van der Waals surface area contributed by atoms with Crippen LogP contribution in [0.25, 0.3) is 0 Å². The summed E-state index contributed by atoms with van der Waals surface area (Å²) in [7, 11) is -3.65. The van der Waals surface area contributed by atoms with Crippen LogP contribution in [-0.4, -0.2) is 33.6 Å². The van der Waals surface area contributed by atoms with Gasteiger partial charge in [0.1, 0.15) is 0 Å². The molecule has 2 aromatic rings. The van der Waals surface area contributed by atoms with Crippen molar-refractivity contribution in [2.45, 2.75) is 30.4 Å². The minimum Gasteiger partial charge on any atom is -0.376 e. The van der Waals surface area contributed by atoms with E-state index >= 15 is 0 Å². The summed E-state index contributed by atoms with van der Waals surface area (Å²) in [6, 6.07) is 12.9. The SMILES string of the molecule is O=C(NC[C@@H]1CCCO1)c1ccc(CNS(=O)(=O)c2cccc(Cl)c2)cc1. The van der Waals surface area contributed by atoms with Crippen LogP contribution in [0.15, 0.2) is 53.4 Å². The van der Waals surface area contributed by atoms with Gasteiger partial charge in [-0.3, -0.25) is 4.79 Å². The lowest BCUT2D eigenvalue weighted by atomic mass is 10.1. The second-order valence-corrected chi connectivity index (χ2v) is 8.53. The highest BCUT2D eigenvalue weighted by Crippen LogP contribution is 2.16. The first-order valence-electron chi connectivity index (χ1n) is 8.68. The number of hydrogen-bond donors (Lipinski definition) is 2. The monoisotopic (exact) mass is 408 g/mol. The summed E-state index contributed by atoms with van der Waals surface area (Å²) in [6.45, 7) is 1.37. The molecule has 1 atom stereocenters. The number of sulfonamides is 1. The summed E-state index contributed by atoms with van der Waals surface area (Å²) >= 11 is 5.84. The van der Waals surface area contributed by atoms with Crippen LogP contribution in [-0.2, 0) is 21.3 Å². The lowest BCUT2D eigenvalue weighted by Gasteiger charge is -2.11. The van der Waals surface area contributed by atoms with Crippen LogP contribution in [0.5, 0.6) is 0 Å². The van der Waals surface area contributed by atoms with E-state index in [1.807, 2.05) is 0 Å². The van der Waals surface area contributed by atoms with Gasteiger partial charge in [-0.15, -0.1) is 0 Å². The lowest BCUT2D eigenvalue weighted by Crippen LogP contribution is -2.31. The smallest absolute Gasteiger partial charge is 0.251 e. The first-order chi connectivity index (χ1) is 12.9. The first-order valence-corrected chi connectivity index (χ1v) is 10.5. The predicted octanol–water partition coefficient (Wildman–Crippen LogP) is 2.73. The van der Waals surface area contributed by atoms with Gasteiger partial charge >= 0.3 is 0 Å². The van der Waals surface area contributed by atoms with Crippen LogP contribution in [0.4, 0.5) is 0 Å². The molecule has 0 saturated carbocycles. The molecule has 1 amide bonds. The van der Waals surface area contributed by atoms with E-state index in [-0.39, 0.29) is 23.5 Å². The summed E-state index contributed by atoms with van der Waals surface area (Å²) in [6.07, 6.45) is 2.08. The summed E-state index contributed by atoms with van der Waals surface area (Å²) in [4.78, 5) is 12.3. The molecule has 0 spiro atoms. The van der Waals surface area contributed by atoms with Crippen LogP contribution in [0, 0.1) is 0 Å². The topological polar surface area (TPSA) is 84.5 Å². The van der Waals surface area contributed by atoms with Crippen molar-refractivity contribution >= 4 is 27.5 Å². The molecule has 8 heteroatoms. The Kier molecular flexibility index (Phi) is 6.49. The van der Waals surface area contributed by atoms with E-state index in [4.69, 9.17) is 16.3 Å². The number of halogens is 1. The molecule has 27 heavy (non-hydrogen) atoms. The standard InChI is InChI=1S/C19H21ClN2O4S/c20-16-3-1-5-18(11-16)27(24,25)22-12-14-6-8-15(9-7-14)19(23)21-13-17-4-2-10-26-17/h1,3,5-9,11,17,22H,2,4,10,12-13H2,(H,21,23)/t17-/m0/s1. The molecular formula is C19H21ClN2O4S. The van der Waals surface area contributed by atoms with Crippen molar-refractivity contribution in [1.29, 1.82) is 0 Å². The quantitative estimate of drug-likeness (QED) is 0.737. The molecule has 0 radical (unpaired) electrons. The number of nitrogens with one attached hydrogen (secondary N) is 2. The van der Waals surface area contributed by atoms with E-state index in [1.165, 1.54) is 12.1 Å². The van der Waals surface area contributed by atoms with E-state index in [1.54, 1.807) is 36.4 Å². The van der Waals surface area contributed by atoms with Crippen molar-refractivity contribution in [3.63, 3.8) is 0 Å². The molecule has 0 aromatic heterocycles. The van der Waals surface area contributed by atoms with Gasteiger partial charge in [0.25, 0.3) is 5.91 Å². The third-order valence-electron chi connectivity index (χ3n) is 4.30. The fourth-order valence-corrected chi connectivity index (χ4v) is 4.10. The Bertz CT molecular complexity index is 894. The van der Waals surface area contributed by atoms with Crippen LogP contribution < -0.4 is 10.0 Å². The Hall–Kier alpha value is -1.93. The maximum absolute atomic E-state index is 12.3. The Balaban J connectivity index is 1.54. The zero-order chi connectivity index (χ0) is 19.3. The van der Waals surface area contributed by atoms with Gasteiger partial charge in [-0.05, 0) is 48.7 Å². The summed E-state index contributed by atoms with van der Waals surface area (Å²) in [5.74, 6) is -0.170.